The fraction of sp³-hybridized carbons (Fsp3) is 0.636. The number of carbonyl (C=O) groups is 2. The van der Waals surface area contributed by atoms with Gasteiger partial charge in [-0.15, -0.1) is 11.3 Å². The van der Waals surface area contributed by atoms with Gasteiger partial charge in [0.1, 0.15) is 11.5 Å². The van der Waals surface area contributed by atoms with Crippen molar-refractivity contribution in [3.8, 4) is 11.8 Å². The molecule has 0 bridgehead atoms. The summed E-state index contributed by atoms with van der Waals surface area (Å²) in [5.74, 6) is 5.40. The van der Waals surface area contributed by atoms with Gasteiger partial charge in [0.05, 0.1) is 22.7 Å². The van der Waals surface area contributed by atoms with Crippen molar-refractivity contribution in [1.82, 2.24) is 0 Å². The molecule has 0 spiro atoms. The van der Waals surface area contributed by atoms with E-state index in [0.29, 0.717) is 16.5 Å². The highest BCUT2D eigenvalue weighted by Gasteiger charge is 2.42. The Morgan fingerprint density at radius 3 is 2.57 bits per heavy atom. The number of aromatic carboxylic acids is 1. The molecule has 6 heteroatoms. The smallest absolute Gasteiger partial charge is 0.348 e. The van der Waals surface area contributed by atoms with Crippen LogP contribution in [0.4, 0.5) is 5.69 Å². The van der Waals surface area contributed by atoms with Gasteiger partial charge in [0.25, 0.3) is 5.91 Å². The van der Waals surface area contributed by atoms with Crippen LogP contribution in [0.5, 0.6) is 0 Å². The van der Waals surface area contributed by atoms with Gasteiger partial charge in [-0.3, -0.25) is 4.79 Å². The minimum atomic E-state index is -1.02. The average Bonchev–Trinajstić information content (AvgIpc) is 3.06. The highest BCUT2D eigenvalue weighted by atomic mass is 32.1. The molecule has 1 saturated carbocycles. The fourth-order valence-corrected chi connectivity index (χ4v) is 4.98. The lowest BCUT2D eigenvalue weighted by Gasteiger charge is -2.44. The van der Waals surface area contributed by atoms with E-state index in [2.05, 4.69) is 11.8 Å². The Bertz CT molecular complexity index is 805. The molecular formula is C22H29NO4S. The van der Waals surface area contributed by atoms with E-state index in [1.165, 1.54) is 6.42 Å². The van der Waals surface area contributed by atoms with E-state index >= 15 is 0 Å². The van der Waals surface area contributed by atoms with E-state index in [1.807, 2.05) is 27.7 Å². The van der Waals surface area contributed by atoms with Crippen LogP contribution in [-0.2, 0) is 9.53 Å². The zero-order valence-electron chi connectivity index (χ0n) is 17.1. The summed E-state index contributed by atoms with van der Waals surface area (Å²) in [4.78, 5) is 27.4. The Morgan fingerprint density at radius 1 is 1.29 bits per heavy atom. The number of amides is 1. The van der Waals surface area contributed by atoms with Gasteiger partial charge >= 0.3 is 5.97 Å². The predicted octanol–water partition coefficient (Wildman–Crippen LogP) is 4.54. The third-order valence-corrected chi connectivity index (χ3v) is 6.40. The number of nitrogens with zero attached hydrogens (tertiary/aromatic N) is 1. The Morgan fingerprint density at radius 2 is 1.96 bits per heavy atom. The topological polar surface area (TPSA) is 66.8 Å². The SMILES string of the molecule is C[C@H]1OCC(=O)N(c2cc(C#CC(C)(C)C)sc2C(=O)O)[C@@H]1C1CCCCC1. The molecular weight excluding hydrogens is 374 g/mol. The fourth-order valence-electron chi connectivity index (χ4n) is 4.14. The highest BCUT2D eigenvalue weighted by Crippen LogP contribution is 2.39. The van der Waals surface area contributed by atoms with E-state index in [4.69, 9.17) is 4.74 Å². The first-order chi connectivity index (χ1) is 13.2. The van der Waals surface area contributed by atoms with Crippen molar-refractivity contribution in [2.45, 2.75) is 71.9 Å². The summed E-state index contributed by atoms with van der Waals surface area (Å²) in [6.07, 6.45) is 5.49. The van der Waals surface area contributed by atoms with Crippen molar-refractivity contribution >= 4 is 28.9 Å². The summed E-state index contributed by atoms with van der Waals surface area (Å²) in [7, 11) is 0. The molecule has 1 aromatic heterocycles. The second kappa shape index (κ2) is 8.26. The second-order valence-electron chi connectivity index (χ2n) is 8.80. The first kappa shape index (κ1) is 20.9. The molecule has 2 heterocycles. The largest absolute Gasteiger partial charge is 0.477 e. The van der Waals surface area contributed by atoms with Crippen LogP contribution in [0.1, 0.15) is 74.3 Å². The van der Waals surface area contributed by atoms with Gasteiger partial charge in [0.15, 0.2) is 0 Å². The molecule has 5 nitrogen and oxygen atoms in total. The van der Waals surface area contributed by atoms with Crippen LogP contribution in [0.3, 0.4) is 0 Å². The standard InChI is InChI=1S/C22H29NO4S/c1-14-19(15-8-6-5-7-9-15)23(18(24)13-27-14)17-12-16(10-11-22(2,3)4)28-20(17)21(25)26/h12,14-15,19H,5-9,13H2,1-4H3,(H,25,26)/t14-,19+/m1/s1. The molecule has 1 aromatic rings. The first-order valence-corrected chi connectivity index (χ1v) is 10.8. The molecule has 2 fully saturated rings. The van der Waals surface area contributed by atoms with Gasteiger partial charge in [0.2, 0.25) is 0 Å². The average molecular weight is 404 g/mol. The normalized spacial score (nSPS) is 24.0. The maximum absolute atomic E-state index is 12.9. The second-order valence-corrected chi connectivity index (χ2v) is 9.85. The molecule has 2 atom stereocenters. The van der Waals surface area contributed by atoms with E-state index in [1.54, 1.807) is 11.0 Å². The maximum Gasteiger partial charge on any atom is 0.348 e. The molecule has 0 radical (unpaired) electrons. The Kier molecular flexibility index (Phi) is 6.16. The minimum Gasteiger partial charge on any atom is -0.477 e. The number of carboxylic acid groups (broad SMARTS) is 1. The number of carboxylic acids is 1. The van der Waals surface area contributed by atoms with Gasteiger partial charge in [-0.1, -0.05) is 31.1 Å². The van der Waals surface area contributed by atoms with Gasteiger partial charge in [-0.25, -0.2) is 4.79 Å². The van der Waals surface area contributed by atoms with Crippen LogP contribution in [0.25, 0.3) is 0 Å². The molecule has 28 heavy (non-hydrogen) atoms. The van der Waals surface area contributed by atoms with Crippen molar-refractivity contribution < 1.29 is 19.4 Å². The van der Waals surface area contributed by atoms with Crippen LogP contribution >= 0.6 is 11.3 Å². The van der Waals surface area contributed by atoms with Crippen LogP contribution in [0.2, 0.25) is 0 Å². The number of morpholine rings is 1. The van der Waals surface area contributed by atoms with Gasteiger partial charge < -0.3 is 14.7 Å². The number of anilines is 1. The van der Waals surface area contributed by atoms with E-state index in [-0.39, 0.29) is 35.0 Å². The third kappa shape index (κ3) is 4.59. The van der Waals surface area contributed by atoms with E-state index < -0.39 is 5.97 Å². The summed E-state index contributed by atoms with van der Waals surface area (Å²) < 4.78 is 5.74. The molecule has 152 valence electrons. The van der Waals surface area contributed by atoms with E-state index in [0.717, 1.165) is 37.0 Å². The lowest BCUT2D eigenvalue weighted by atomic mass is 9.80. The monoisotopic (exact) mass is 403 g/mol. The highest BCUT2D eigenvalue weighted by molar-refractivity contribution is 7.15. The quantitative estimate of drug-likeness (QED) is 0.752. The molecule has 0 unspecified atom stereocenters. The number of hydrogen-bond acceptors (Lipinski definition) is 4. The number of hydrogen-bond donors (Lipinski definition) is 1. The predicted molar refractivity (Wildman–Crippen MR) is 111 cm³/mol. The van der Waals surface area contributed by atoms with E-state index in [9.17, 15) is 14.7 Å². The number of ether oxygens (including phenoxy) is 1. The summed E-state index contributed by atoms with van der Waals surface area (Å²) in [5, 5.41) is 9.78. The molecule has 1 saturated heterocycles. The molecule has 1 aliphatic carbocycles. The number of thiophene rings is 1. The molecule has 1 amide bonds. The van der Waals surface area contributed by atoms with Crippen LogP contribution in [0.15, 0.2) is 6.07 Å². The van der Waals surface area contributed by atoms with Crippen molar-refractivity contribution in [2.24, 2.45) is 11.3 Å². The molecule has 0 aromatic carbocycles. The van der Waals surface area contributed by atoms with Gasteiger partial charge in [-0.05, 0) is 52.5 Å². The molecule has 1 aliphatic heterocycles. The van der Waals surface area contributed by atoms with Crippen molar-refractivity contribution in [2.75, 3.05) is 11.5 Å². The summed E-state index contributed by atoms with van der Waals surface area (Å²) >= 11 is 1.15. The Hall–Kier alpha value is -1.84. The van der Waals surface area contributed by atoms with Crippen LogP contribution in [-0.4, -0.2) is 35.7 Å². The van der Waals surface area contributed by atoms with Crippen molar-refractivity contribution in [3.05, 3.63) is 15.8 Å². The summed E-state index contributed by atoms with van der Waals surface area (Å²) in [6.45, 7) is 8.02. The molecule has 3 rings (SSSR count). The summed E-state index contributed by atoms with van der Waals surface area (Å²) in [5.41, 5.74) is 0.299. The minimum absolute atomic E-state index is 0.0116. The molecule has 2 aliphatic rings. The first-order valence-electron chi connectivity index (χ1n) is 10.0. The van der Waals surface area contributed by atoms with Crippen molar-refractivity contribution in [3.63, 3.8) is 0 Å². The van der Waals surface area contributed by atoms with Crippen LogP contribution in [0, 0.1) is 23.2 Å². The summed E-state index contributed by atoms with van der Waals surface area (Å²) in [6, 6.07) is 1.65. The molecule has 1 N–H and O–H groups in total. The lowest BCUT2D eigenvalue weighted by molar-refractivity contribution is -0.133. The third-order valence-electron chi connectivity index (χ3n) is 5.38. The Balaban J connectivity index is 2.03. The van der Waals surface area contributed by atoms with Gasteiger partial charge in [0, 0.05) is 5.41 Å². The van der Waals surface area contributed by atoms with Crippen LogP contribution < -0.4 is 4.90 Å². The zero-order valence-corrected chi connectivity index (χ0v) is 17.9. The number of carbonyl (C=O) groups excluding carboxylic acids is 1. The van der Waals surface area contributed by atoms with Gasteiger partial charge in [-0.2, -0.15) is 0 Å². The zero-order chi connectivity index (χ0) is 20.5. The maximum atomic E-state index is 12.9. The number of rotatable bonds is 3. The Labute approximate surface area is 171 Å². The van der Waals surface area contributed by atoms with Crippen molar-refractivity contribution in [1.29, 1.82) is 0 Å². The lowest BCUT2D eigenvalue weighted by Crippen LogP contribution is -2.57.